The van der Waals surface area contributed by atoms with Crippen molar-refractivity contribution in [3.8, 4) is 0 Å². The lowest BCUT2D eigenvalue weighted by Crippen LogP contribution is -2.42. The van der Waals surface area contributed by atoms with Crippen LogP contribution in [-0.4, -0.2) is 49.4 Å². The van der Waals surface area contributed by atoms with Gasteiger partial charge in [0.2, 0.25) is 0 Å². The van der Waals surface area contributed by atoms with E-state index in [9.17, 15) is 0 Å². The summed E-state index contributed by atoms with van der Waals surface area (Å²) < 4.78 is 10.6. The van der Waals surface area contributed by atoms with E-state index < -0.39 is 0 Å². The van der Waals surface area contributed by atoms with Gasteiger partial charge in [-0.1, -0.05) is 29.8 Å². The minimum atomic E-state index is -0.105. The Hall–Kier alpha value is -1.37. The Morgan fingerprint density at radius 3 is 3.05 bits per heavy atom. The van der Waals surface area contributed by atoms with Crippen molar-refractivity contribution in [2.24, 2.45) is 4.99 Å². The van der Waals surface area contributed by atoms with Crippen molar-refractivity contribution in [2.45, 2.75) is 13.0 Å². The van der Waals surface area contributed by atoms with Crippen LogP contribution in [0, 0.1) is 0 Å². The van der Waals surface area contributed by atoms with E-state index in [0.717, 1.165) is 5.56 Å². The van der Waals surface area contributed by atoms with Gasteiger partial charge in [-0.25, -0.2) is 4.99 Å². The van der Waals surface area contributed by atoms with Gasteiger partial charge in [0.05, 0.1) is 19.2 Å². The first kappa shape index (κ1) is 17.0. The summed E-state index contributed by atoms with van der Waals surface area (Å²) in [7, 11) is 1.65. The molecule has 1 aliphatic heterocycles. The molecule has 1 saturated heterocycles. The summed E-state index contributed by atoms with van der Waals surface area (Å²) in [4.78, 5) is 6.47. The molecule has 1 atom stereocenters. The lowest BCUT2D eigenvalue weighted by atomic mass is 10.1. The second-order valence-electron chi connectivity index (χ2n) is 4.83. The number of hydrogen-bond acceptors (Lipinski definition) is 4. The van der Waals surface area contributed by atoms with E-state index in [2.05, 4.69) is 10.3 Å². The molecule has 120 valence electrons. The van der Waals surface area contributed by atoms with Crippen LogP contribution < -0.4 is 5.32 Å². The van der Waals surface area contributed by atoms with Gasteiger partial charge in [0.1, 0.15) is 6.61 Å². The quantitative estimate of drug-likeness (QED) is 0.659. The molecular weight excluding hydrogens is 322 g/mol. The summed E-state index contributed by atoms with van der Waals surface area (Å²) in [5.41, 5.74) is 0.963. The predicted octanol–water partition coefficient (Wildman–Crippen LogP) is 2.61. The molecule has 7 heteroatoms. The van der Waals surface area contributed by atoms with E-state index in [0.29, 0.717) is 42.5 Å². The Morgan fingerprint density at radius 1 is 1.55 bits per heavy atom. The molecule has 1 unspecified atom stereocenters. The van der Waals surface area contributed by atoms with Crippen LogP contribution in [0.3, 0.4) is 0 Å². The van der Waals surface area contributed by atoms with Gasteiger partial charge in [-0.15, -0.1) is 0 Å². The van der Waals surface area contributed by atoms with Crippen LogP contribution in [0.5, 0.6) is 0 Å². The summed E-state index contributed by atoms with van der Waals surface area (Å²) in [5, 5.41) is 4.42. The van der Waals surface area contributed by atoms with E-state index in [1.807, 2.05) is 36.1 Å². The van der Waals surface area contributed by atoms with Crippen molar-refractivity contribution in [2.75, 3.05) is 33.4 Å². The van der Waals surface area contributed by atoms with Gasteiger partial charge in [0, 0.05) is 18.7 Å². The molecule has 1 aromatic rings. The largest absolute Gasteiger partial charge is 0.463 e. The second-order valence-corrected chi connectivity index (χ2v) is 5.63. The highest BCUT2D eigenvalue weighted by atomic mass is 35.5. The molecule has 0 aromatic heterocycles. The van der Waals surface area contributed by atoms with Gasteiger partial charge in [0.15, 0.2) is 5.11 Å². The first-order valence-electron chi connectivity index (χ1n) is 7.13. The van der Waals surface area contributed by atoms with Crippen LogP contribution in [0.2, 0.25) is 5.02 Å². The number of methoxy groups -OCH3 is 1. The number of rotatable bonds is 5. The molecule has 2 rings (SSSR count). The standard InChI is InChI=1S/C15H20ClN3O2S/c1-11(12-5-3-4-6-13(12)16)18-14-19(8-10-21-14)15(22)17-7-9-20-2/h3-6,11H,7-10H2,1-2H3,(H,17,22)/b18-14-. The molecule has 5 nitrogen and oxygen atoms in total. The zero-order valence-electron chi connectivity index (χ0n) is 12.7. The summed E-state index contributed by atoms with van der Waals surface area (Å²) in [6.45, 7) is 4.49. The monoisotopic (exact) mass is 341 g/mol. The Bertz CT molecular complexity index is 553. The Balaban J connectivity index is 2.06. The van der Waals surface area contributed by atoms with E-state index in [4.69, 9.17) is 33.3 Å². The predicted molar refractivity (Wildman–Crippen MR) is 92.4 cm³/mol. The molecule has 0 amide bonds. The van der Waals surface area contributed by atoms with Gasteiger partial charge < -0.3 is 14.8 Å². The fourth-order valence-electron chi connectivity index (χ4n) is 2.10. The highest BCUT2D eigenvalue weighted by Crippen LogP contribution is 2.25. The van der Waals surface area contributed by atoms with Crippen LogP contribution in [0.1, 0.15) is 18.5 Å². The fraction of sp³-hybridized carbons (Fsp3) is 0.467. The molecule has 1 aliphatic rings. The van der Waals surface area contributed by atoms with Crippen molar-refractivity contribution < 1.29 is 9.47 Å². The molecular formula is C15H20ClN3O2S. The molecule has 0 aliphatic carbocycles. The molecule has 0 saturated carbocycles. The van der Waals surface area contributed by atoms with Gasteiger partial charge in [-0.05, 0) is 30.8 Å². The molecule has 0 bridgehead atoms. The van der Waals surface area contributed by atoms with Crippen molar-refractivity contribution in [1.82, 2.24) is 10.2 Å². The third-order valence-corrected chi connectivity index (χ3v) is 3.97. The highest BCUT2D eigenvalue weighted by molar-refractivity contribution is 7.80. The van der Waals surface area contributed by atoms with E-state index in [1.165, 1.54) is 0 Å². The number of nitrogens with zero attached hydrogens (tertiary/aromatic N) is 2. The van der Waals surface area contributed by atoms with Crippen LogP contribution in [0.4, 0.5) is 0 Å². The average Bonchev–Trinajstić information content (AvgIpc) is 2.96. The lowest BCUT2D eigenvalue weighted by molar-refractivity contribution is 0.203. The number of halogens is 1. The number of aliphatic imine (C=N–C) groups is 1. The number of amidine groups is 1. The summed E-state index contributed by atoms with van der Waals surface area (Å²) >= 11 is 11.6. The van der Waals surface area contributed by atoms with Crippen molar-refractivity contribution >= 4 is 35.0 Å². The lowest BCUT2D eigenvalue weighted by Gasteiger charge is -2.19. The average molecular weight is 342 g/mol. The van der Waals surface area contributed by atoms with Crippen molar-refractivity contribution in [3.63, 3.8) is 0 Å². The number of benzene rings is 1. The third kappa shape index (κ3) is 4.32. The molecule has 1 N–H and O–H groups in total. The van der Waals surface area contributed by atoms with E-state index in [1.54, 1.807) is 7.11 Å². The van der Waals surface area contributed by atoms with Crippen LogP contribution >= 0.6 is 23.8 Å². The first-order chi connectivity index (χ1) is 10.6. The smallest absolute Gasteiger partial charge is 0.294 e. The zero-order valence-corrected chi connectivity index (χ0v) is 14.3. The third-order valence-electron chi connectivity index (χ3n) is 3.26. The maximum Gasteiger partial charge on any atom is 0.294 e. The van der Waals surface area contributed by atoms with Crippen LogP contribution in [0.15, 0.2) is 29.3 Å². The number of hydrogen-bond donors (Lipinski definition) is 1. The normalized spacial score (nSPS) is 17.4. The fourth-order valence-corrected chi connectivity index (χ4v) is 2.67. The summed E-state index contributed by atoms with van der Waals surface area (Å²) in [5.74, 6) is 0. The van der Waals surface area contributed by atoms with Crippen LogP contribution in [-0.2, 0) is 9.47 Å². The summed E-state index contributed by atoms with van der Waals surface area (Å²) in [6, 6.07) is 8.10. The topological polar surface area (TPSA) is 46.1 Å². The Morgan fingerprint density at radius 2 is 2.32 bits per heavy atom. The molecule has 1 heterocycles. The number of nitrogens with one attached hydrogen (secondary N) is 1. The minimum Gasteiger partial charge on any atom is -0.463 e. The second kappa shape index (κ2) is 8.31. The Kier molecular flexibility index (Phi) is 6.42. The minimum absolute atomic E-state index is 0.105. The van der Waals surface area contributed by atoms with Gasteiger partial charge in [-0.2, -0.15) is 0 Å². The van der Waals surface area contributed by atoms with Crippen molar-refractivity contribution in [3.05, 3.63) is 34.9 Å². The van der Waals surface area contributed by atoms with Gasteiger partial charge in [-0.3, -0.25) is 4.90 Å². The van der Waals surface area contributed by atoms with E-state index in [-0.39, 0.29) is 6.04 Å². The number of thiocarbonyl (C=S) groups is 1. The SMILES string of the molecule is COCCNC(=S)N1CCO/C1=N\C(C)c1ccccc1Cl. The Labute approximate surface area is 141 Å². The maximum absolute atomic E-state index is 6.21. The molecule has 1 aromatic carbocycles. The van der Waals surface area contributed by atoms with Crippen LogP contribution in [0.25, 0.3) is 0 Å². The highest BCUT2D eigenvalue weighted by Gasteiger charge is 2.25. The molecule has 0 spiro atoms. The molecule has 1 fully saturated rings. The molecule has 22 heavy (non-hydrogen) atoms. The first-order valence-corrected chi connectivity index (χ1v) is 7.91. The van der Waals surface area contributed by atoms with Gasteiger partial charge >= 0.3 is 0 Å². The maximum atomic E-state index is 6.21. The summed E-state index contributed by atoms with van der Waals surface area (Å²) in [6.07, 6.45) is 0. The number of ether oxygens (including phenoxy) is 2. The molecule has 0 radical (unpaired) electrons. The van der Waals surface area contributed by atoms with E-state index >= 15 is 0 Å². The van der Waals surface area contributed by atoms with Crippen molar-refractivity contribution in [1.29, 1.82) is 0 Å². The zero-order chi connectivity index (χ0) is 15.9. The van der Waals surface area contributed by atoms with Gasteiger partial charge in [0.25, 0.3) is 6.02 Å².